The maximum absolute atomic E-state index is 11.0. The van der Waals surface area contributed by atoms with Gasteiger partial charge in [0.2, 0.25) is 0 Å². The van der Waals surface area contributed by atoms with E-state index in [9.17, 15) is 4.79 Å². The van der Waals surface area contributed by atoms with E-state index in [1.54, 1.807) is 0 Å². The van der Waals surface area contributed by atoms with Crippen LogP contribution in [0.5, 0.6) is 5.75 Å². The number of thiazole rings is 1. The predicted octanol–water partition coefficient (Wildman–Crippen LogP) is 5.80. The van der Waals surface area contributed by atoms with E-state index < -0.39 is 5.97 Å². The summed E-state index contributed by atoms with van der Waals surface area (Å²) in [6, 6.07) is 19.3. The number of hydrogen-bond acceptors (Lipinski definition) is 5. The van der Waals surface area contributed by atoms with Crippen molar-refractivity contribution in [1.82, 2.24) is 4.98 Å². The first kappa shape index (κ1) is 20.2. The van der Waals surface area contributed by atoms with Crippen molar-refractivity contribution in [3.63, 3.8) is 0 Å². The van der Waals surface area contributed by atoms with Gasteiger partial charge in [-0.2, -0.15) is 0 Å². The Morgan fingerprint density at radius 1 is 1.13 bits per heavy atom. The summed E-state index contributed by atoms with van der Waals surface area (Å²) in [7, 11) is 0. The van der Waals surface area contributed by atoms with E-state index in [4.69, 9.17) is 27.2 Å². The lowest BCUT2D eigenvalue weighted by Gasteiger charge is -2.14. The Bertz CT molecular complexity index is 1220. The van der Waals surface area contributed by atoms with Crippen LogP contribution >= 0.6 is 22.9 Å². The molecule has 30 heavy (non-hydrogen) atoms. The standard InChI is InChI=1S/C23H19ClN2O3S/c24-18-4-2-1-3-16(18)13-29-20-9-5-14(6-10-22(27)28)11-17(20)15-7-8-19-21(12-15)30-23(25)26-19/h1-5,7-9,11-12H,6,10,13H2,(H2,25,26)(H,27,28). The summed E-state index contributed by atoms with van der Waals surface area (Å²) in [5.41, 5.74) is 10.4. The highest BCUT2D eigenvalue weighted by molar-refractivity contribution is 7.22. The van der Waals surface area contributed by atoms with Crippen molar-refractivity contribution in [3.8, 4) is 16.9 Å². The summed E-state index contributed by atoms with van der Waals surface area (Å²) in [5.74, 6) is -0.122. The SMILES string of the molecule is Nc1nc2ccc(-c3cc(CCC(=O)O)ccc3OCc3ccccc3Cl)cc2s1. The molecule has 152 valence electrons. The largest absolute Gasteiger partial charge is 0.488 e. The van der Waals surface area contributed by atoms with Gasteiger partial charge in [-0.05, 0) is 47.9 Å². The fourth-order valence-corrected chi connectivity index (χ4v) is 4.18. The van der Waals surface area contributed by atoms with Crippen LogP contribution in [0.3, 0.4) is 0 Å². The van der Waals surface area contributed by atoms with Crippen molar-refractivity contribution in [1.29, 1.82) is 0 Å². The number of carboxylic acids is 1. The van der Waals surface area contributed by atoms with E-state index in [0.29, 0.717) is 28.9 Å². The number of aryl methyl sites for hydroxylation is 1. The Morgan fingerprint density at radius 3 is 2.77 bits per heavy atom. The molecule has 5 nitrogen and oxygen atoms in total. The van der Waals surface area contributed by atoms with Gasteiger partial charge in [0.25, 0.3) is 0 Å². The molecule has 0 aliphatic rings. The Morgan fingerprint density at radius 2 is 1.97 bits per heavy atom. The number of carbonyl (C=O) groups is 1. The number of hydrogen-bond donors (Lipinski definition) is 2. The number of aliphatic carboxylic acids is 1. The lowest BCUT2D eigenvalue weighted by atomic mass is 9.99. The molecule has 0 saturated heterocycles. The first-order chi connectivity index (χ1) is 14.5. The van der Waals surface area contributed by atoms with Crippen molar-refractivity contribution in [2.45, 2.75) is 19.4 Å². The molecule has 0 aliphatic heterocycles. The molecular weight excluding hydrogens is 420 g/mol. The van der Waals surface area contributed by atoms with Gasteiger partial charge in [-0.3, -0.25) is 4.79 Å². The molecule has 0 aliphatic carbocycles. The maximum Gasteiger partial charge on any atom is 0.303 e. The first-order valence-corrected chi connectivity index (χ1v) is 10.6. The lowest BCUT2D eigenvalue weighted by Crippen LogP contribution is -2.00. The fourth-order valence-electron chi connectivity index (χ4n) is 3.22. The van der Waals surface area contributed by atoms with E-state index in [-0.39, 0.29) is 6.42 Å². The smallest absolute Gasteiger partial charge is 0.303 e. The molecule has 3 N–H and O–H groups in total. The number of anilines is 1. The molecule has 0 spiro atoms. The number of nitrogen functional groups attached to an aromatic ring is 1. The van der Waals surface area contributed by atoms with Gasteiger partial charge in [0, 0.05) is 22.6 Å². The quantitative estimate of drug-likeness (QED) is 0.381. The average molecular weight is 439 g/mol. The van der Waals surface area contributed by atoms with Crippen molar-refractivity contribution < 1.29 is 14.6 Å². The van der Waals surface area contributed by atoms with Crippen LogP contribution in [0.2, 0.25) is 5.02 Å². The summed E-state index contributed by atoms with van der Waals surface area (Å²) in [6.07, 6.45) is 0.520. The zero-order valence-corrected chi connectivity index (χ0v) is 17.5. The molecule has 0 bridgehead atoms. The molecule has 0 amide bonds. The third kappa shape index (κ3) is 4.56. The van der Waals surface area contributed by atoms with Gasteiger partial charge in [-0.15, -0.1) is 0 Å². The molecular formula is C23H19ClN2O3S. The highest BCUT2D eigenvalue weighted by atomic mass is 35.5. The number of rotatable bonds is 7. The minimum Gasteiger partial charge on any atom is -0.488 e. The molecule has 0 fully saturated rings. The number of halogens is 1. The van der Waals surface area contributed by atoms with Crippen LogP contribution in [-0.4, -0.2) is 16.1 Å². The maximum atomic E-state index is 11.0. The molecule has 4 rings (SSSR count). The van der Waals surface area contributed by atoms with E-state index in [0.717, 1.165) is 32.5 Å². The number of aromatic nitrogens is 1. The molecule has 0 unspecified atom stereocenters. The van der Waals surface area contributed by atoms with Crippen molar-refractivity contribution >= 4 is 44.3 Å². The van der Waals surface area contributed by atoms with Gasteiger partial charge >= 0.3 is 5.97 Å². The Balaban J connectivity index is 1.70. The Kier molecular flexibility index (Phi) is 5.88. The van der Waals surface area contributed by atoms with Crippen LogP contribution in [0.4, 0.5) is 5.13 Å². The van der Waals surface area contributed by atoms with Crippen molar-refractivity contribution in [3.05, 3.63) is 76.8 Å². The molecule has 3 aromatic carbocycles. The summed E-state index contributed by atoms with van der Waals surface area (Å²) < 4.78 is 7.10. The second-order valence-corrected chi connectivity index (χ2v) is 8.31. The van der Waals surface area contributed by atoms with Crippen LogP contribution in [0.25, 0.3) is 21.3 Å². The minimum atomic E-state index is -0.822. The third-order valence-corrected chi connectivity index (χ3v) is 5.94. The summed E-state index contributed by atoms with van der Waals surface area (Å²) in [4.78, 5) is 15.3. The zero-order chi connectivity index (χ0) is 21.1. The number of carboxylic acid groups (broad SMARTS) is 1. The number of nitrogens with zero attached hydrogens (tertiary/aromatic N) is 1. The molecule has 0 radical (unpaired) electrons. The molecule has 0 saturated carbocycles. The van der Waals surface area contributed by atoms with Gasteiger partial charge in [0.05, 0.1) is 10.2 Å². The number of benzene rings is 3. The molecule has 0 atom stereocenters. The number of ether oxygens (including phenoxy) is 1. The van der Waals surface area contributed by atoms with Gasteiger partial charge in [0.1, 0.15) is 12.4 Å². The minimum absolute atomic E-state index is 0.0731. The summed E-state index contributed by atoms with van der Waals surface area (Å²) in [5, 5.41) is 10.2. The van der Waals surface area contributed by atoms with E-state index in [1.807, 2.05) is 60.7 Å². The van der Waals surface area contributed by atoms with Gasteiger partial charge in [-0.25, -0.2) is 4.98 Å². The molecule has 1 heterocycles. The first-order valence-electron chi connectivity index (χ1n) is 9.37. The topological polar surface area (TPSA) is 85.4 Å². The van der Waals surface area contributed by atoms with E-state index >= 15 is 0 Å². The van der Waals surface area contributed by atoms with Gasteiger partial charge in [0.15, 0.2) is 5.13 Å². The number of nitrogens with two attached hydrogens (primary N) is 1. The highest BCUT2D eigenvalue weighted by Crippen LogP contribution is 2.36. The van der Waals surface area contributed by atoms with Crippen LogP contribution in [-0.2, 0) is 17.8 Å². The zero-order valence-electron chi connectivity index (χ0n) is 16.0. The van der Waals surface area contributed by atoms with Crippen LogP contribution < -0.4 is 10.5 Å². The van der Waals surface area contributed by atoms with Crippen molar-refractivity contribution in [2.24, 2.45) is 0 Å². The monoisotopic (exact) mass is 438 g/mol. The average Bonchev–Trinajstić information content (AvgIpc) is 3.11. The van der Waals surface area contributed by atoms with Crippen LogP contribution in [0.1, 0.15) is 17.5 Å². The summed E-state index contributed by atoms with van der Waals surface area (Å²) >= 11 is 7.69. The second kappa shape index (κ2) is 8.73. The fraction of sp³-hybridized carbons (Fsp3) is 0.130. The molecule has 7 heteroatoms. The predicted molar refractivity (Wildman–Crippen MR) is 121 cm³/mol. The Labute approximate surface area is 182 Å². The lowest BCUT2D eigenvalue weighted by molar-refractivity contribution is -0.136. The van der Waals surface area contributed by atoms with E-state index in [1.165, 1.54) is 11.3 Å². The normalized spacial score (nSPS) is 11.0. The highest BCUT2D eigenvalue weighted by Gasteiger charge is 2.12. The van der Waals surface area contributed by atoms with Crippen LogP contribution in [0.15, 0.2) is 60.7 Å². The van der Waals surface area contributed by atoms with Gasteiger partial charge in [-0.1, -0.05) is 53.3 Å². The van der Waals surface area contributed by atoms with Gasteiger partial charge < -0.3 is 15.6 Å². The molecule has 1 aromatic heterocycles. The second-order valence-electron chi connectivity index (χ2n) is 6.84. The third-order valence-electron chi connectivity index (χ3n) is 4.73. The molecule has 4 aromatic rings. The van der Waals surface area contributed by atoms with Crippen molar-refractivity contribution in [2.75, 3.05) is 5.73 Å². The summed E-state index contributed by atoms with van der Waals surface area (Å²) in [6.45, 7) is 0.330. The Hall–Kier alpha value is -3.09. The van der Waals surface area contributed by atoms with E-state index in [2.05, 4.69) is 4.98 Å². The number of fused-ring (bicyclic) bond motifs is 1. The van der Waals surface area contributed by atoms with Crippen LogP contribution in [0, 0.1) is 0 Å².